The van der Waals surface area contributed by atoms with E-state index in [0.29, 0.717) is 55.1 Å². The molecule has 0 aromatic heterocycles. The quantitative estimate of drug-likeness (QED) is 0.0484. The molecule has 0 unspecified atom stereocenters. The lowest BCUT2D eigenvalue weighted by atomic mass is 9.36. The average Bonchev–Trinajstić information content (AvgIpc) is 3.67. The van der Waals surface area contributed by atoms with Crippen molar-refractivity contribution in [3.63, 3.8) is 0 Å². The van der Waals surface area contributed by atoms with Crippen molar-refractivity contribution in [1.82, 2.24) is 0 Å². The first-order valence-corrected chi connectivity index (χ1v) is 23.0. The first-order valence-electron chi connectivity index (χ1n) is 23.0. The van der Waals surface area contributed by atoms with Crippen molar-refractivity contribution in [1.29, 1.82) is 0 Å². The molecule has 10 aromatic rings. The number of rotatable bonds is 8. The SMILES string of the molecule is Cc1c2c3c(cccc3c3cc(-c4ccc(B(c5c(F)c(F)c(F)c(F)c5F)c5c(F)c(F)c(F)c(F)c5F)cc4)ccc13)Oc1cc(-c3ccc(B(c4c(F)c(F)c(F)c(F)c4F)c4c(F)c(F)c(F)c(F)c4F)cc3)ccc1-2. The summed E-state index contributed by atoms with van der Waals surface area (Å²) in [7, 11) is 0. The molecule has 1 aliphatic rings. The molecule has 1 aliphatic heterocycles. The smallest absolute Gasteiger partial charge is 0.257 e. The van der Waals surface area contributed by atoms with Crippen LogP contribution in [0.1, 0.15) is 5.56 Å². The molecule has 0 saturated carbocycles. The predicted octanol–water partition coefficient (Wildman–Crippen LogP) is 13.2. The number of fused-ring (bicyclic) bond motifs is 4. The van der Waals surface area contributed by atoms with Crippen molar-refractivity contribution in [3.8, 4) is 44.9 Å². The van der Waals surface area contributed by atoms with E-state index in [-0.39, 0.29) is 16.9 Å². The zero-order valence-electron chi connectivity index (χ0n) is 39.4. The monoisotopic (exact) mass is 1120 g/mol. The zero-order chi connectivity index (χ0) is 57.4. The van der Waals surface area contributed by atoms with Crippen LogP contribution in [0.3, 0.4) is 0 Å². The molecule has 1 nitrogen and oxygen atoms in total. The van der Waals surface area contributed by atoms with Gasteiger partial charge in [-0.05, 0) is 75.2 Å². The fourth-order valence-corrected chi connectivity index (χ4v) is 10.3. The Kier molecular flexibility index (Phi) is 12.8. The number of ether oxygens (including phenoxy) is 1. The molecule has 0 N–H and O–H groups in total. The largest absolute Gasteiger partial charge is 0.456 e. The maximum atomic E-state index is 15.4. The van der Waals surface area contributed by atoms with E-state index in [4.69, 9.17) is 4.74 Å². The Morgan fingerprint density at radius 2 is 0.613 bits per heavy atom. The number of halogens is 20. The van der Waals surface area contributed by atoms with E-state index in [1.807, 2.05) is 0 Å². The molecule has 0 saturated heterocycles. The molecule has 23 heteroatoms. The summed E-state index contributed by atoms with van der Waals surface area (Å²) >= 11 is 0. The Morgan fingerprint density at radius 1 is 0.287 bits per heavy atom. The Hall–Kier alpha value is -8.75. The van der Waals surface area contributed by atoms with Crippen molar-refractivity contribution in [2.24, 2.45) is 0 Å². The summed E-state index contributed by atoms with van der Waals surface area (Å²) in [5.41, 5.74) is -5.80. The van der Waals surface area contributed by atoms with E-state index < -0.39 is 163 Å². The van der Waals surface area contributed by atoms with Gasteiger partial charge in [0.2, 0.25) is 0 Å². The molecule has 0 aliphatic carbocycles. The molecule has 0 amide bonds. The lowest BCUT2D eigenvalue weighted by molar-refractivity contribution is 0.382. The van der Waals surface area contributed by atoms with Crippen LogP contribution in [-0.4, -0.2) is 13.4 Å². The summed E-state index contributed by atoms with van der Waals surface area (Å²) in [6.07, 6.45) is 0. The van der Waals surface area contributed by atoms with Crippen LogP contribution in [-0.2, 0) is 0 Å². The third-order valence-electron chi connectivity index (χ3n) is 14.1. The maximum Gasteiger partial charge on any atom is 0.257 e. The lowest BCUT2D eigenvalue weighted by Gasteiger charge is -2.25. The number of aryl methyl sites for hydroxylation is 1. The minimum Gasteiger partial charge on any atom is -0.456 e. The third-order valence-corrected chi connectivity index (χ3v) is 14.1. The molecule has 0 fully saturated rings. The molecule has 0 bridgehead atoms. The minimum atomic E-state index is -2.79. The minimum absolute atomic E-state index is 0.235. The van der Waals surface area contributed by atoms with E-state index in [2.05, 4.69) is 0 Å². The van der Waals surface area contributed by atoms with Crippen LogP contribution in [0.5, 0.6) is 11.5 Å². The van der Waals surface area contributed by atoms with Crippen LogP contribution in [0.15, 0.2) is 103 Å². The highest BCUT2D eigenvalue weighted by Gasteiger charge is 2.43. The Bertz CT molecular complexity index is 4100. The molecule has 80 heavy (non-hydrogen) atoms. The van der Waals surface area contributed by atoms with E-state index >= 15 is 35.1 Å². The van der Waals surface area contributed by atoms with Gasteiger partial charge >= 0.3 is 0 Å². The van der Waals surface area contributed by atoms with Crippen LogP contribution in [0, 0.1) is 123 Å². The van der Waals surface area contributed by atoms with Gasteiger partial charge in [-0.3, -0.25) is 0 Å². The van der Waals surface area contributed by atoms with Gasteiger partial charge in [-0.15, -0.1) is 0 Å². The zero-order valence-corrected chi connectivity index (χ0v) is 39.4. The van der Waals surface area contributed by atoms with E-state index in [1.54, 1.807) is 61.5 Å². The normalized spacial score (nSPS) is 11.9. The maximum absolute atomic E-state index is 15.4. The molecule has 0 radical (unpaired) electrons. The molecular weight excluding hydrogens is 1100 g/mol. The van der Waals surface area contributed by atoms with Gasteiger partial charge in [0.15, 0.2) is 116 Å². The summed E-state index contributed by atoms with van der Waals surface area (Å²) in [4.78, 5) is 0. The summed E-state index contributed by atoms with van der Waals surface area (Å²) in [5.74, 6) is -51.3. The predicted molar refractivity (Wildman–Crippen MR) is 257 cm³/mol. The molecule has 11 rings (SSSR count). The van der Waals surface area contributed by atoms with Gasteiger partial charge in [-0.2, -0.15) is 0 Å². The van der Waals surface area contributed by atoms with Gasteiger partial charge in [0, 0.05) is 38.4 Å². The first kappa shape index (κ1) is 53.3. The summed E-state index contributed by atoms with van der Waals surface area (Å²) < 4.78 is 302. The Labute approximate surface area is 436 Å². The number of hydrogen-bond acceptors (Lipinski definition) is 1. The topological polar surface area (TPSA) is 9.23 Å². The average molecular weight is 1120 g/mol. The standard InChI is InChI=1S/C57H20B2F20O/c1-19-26-15-9-22(20-5-11-24(12-6-20)58(34-38(60)46(68)54(76)47(69)39(34)61)35-40(62)48(70)55(77)49(71)41(35)63)17-29(26)27-3-2-4-30-33(27)32(19)28-16-10-23(18-31(28)80-30)21-7-13-25(14-8-21)59(36-42(64)50(72)56(78)51(73)43(36)65)37-44(66)52(74)57(79)53(75)45(37)67/h2-18H,1H3. The van der Waals surface area contributed by atoms with Crippen LogP contribution >= 0.6 is 0 Å². The number of benzene rings is 10. The molecule has 400 valence electrons. The van der Waals surface area contributed by atoms with Crippen LogP contribution in [0.2, 0.25) is 0 Å². The molecular formula is C57H20B2F20O. The summed E-state index contributed by atoms with van der Waals surface area (Å²) in [6, 6.07) is 23.4. The van der Waals surface area contributed by atoms with Crippen LogP contribution in [0.25, 0.3) is 54.9 Å². The van der Waals surface area contributed by atoms with Gasteiger partial charge < -0.3 is 4.74 Å². The second-order valence-corrected chi connectivity index (χ2v) is 18.3. The highest BCUT2D eigenvalue weighted by Crippen LogP contribution is 2.51. The van der Waals surface area contributed by atoms with Gasteiger partial charge in [-0.1, -0.05) is 89.8 Å². The first-order chi connectivity index (χ1) is 38.0. The van der Waals surface area contributed by atoms with Gasteiger partial charge in [0.1, 0.15) is 11.5 Å². The molecule has 0 atom stereocenters. The van der Waals surface area contributed by atoms with Crippen molar-refractivity contribution in [3.05, 3.63) is 225 Å². The molecule has 10 aromatic carbocycles. The van der Waals surface area contributed by atoms with Crippen molar-refractivity contribution in [2.45, 2.75) is 6.92 Å². The molecule has 0 spiro atoms. The number of hydrogen-bond donors (Lipinski definition) is 0. The summed E-state index contributed by atoms with van der Waals surface area (Å²) in [5, 5.41) is 2.46. The Balaban J connectivity index is 0.973. The van der Waals surface area contributed by atoms with E-state index in [0.717, 1.165) is 24.3 Å². The van der Waals surface area contributed by atoms with Crippen molar-refractivity contribution in [2.75, 3.05) is 0 Å². The van der Waals surface area contributed by atoms with Gasteiger partial charge in [0.25, 0.3) is 13.4 Å². The van der Waals surface area contributed by atoms with E-state index in [9.17, 15) is 52.7 Å². The second-order valence-electron chi connectivity index (χ2n) is 18.3. The lowest BCUT2D eigenvalue weighted by Crippen LogP contribution is -2.58. The second kappa shape index (κ2) is 19.3. The van der Waals surface area contributed by atoms with Gasteiger partial charge in [-0.25, -0.2) is 87.8 Å². The van der Waals surface area contributed by atoms with Gasteiger partial charge in [0.05, 0.1) is 0 Å². The van der Waals surface area contributed by atoms with Crippen molar-refractivity contribution < 1.29 is 92.5 Å². The molecule has 1 heterocycles. The highest BCUT2D eigenvalue weighted by molar-refractivity contribution is 6.96. The van der Waals surface area contributed by atoms with Crippen LogP contribution in [0.4, 0.5) is 87.8 Å². The third kappa shape index (κ3) is 7.81. The fourth-order valence-electron chi connectivity index (χ4n) is 10.3. The highest BCUT2D eigenvalue weighted by atomic mass is 19.2. The van der Waals surface area contributed by atoms with Crippen molar-refractivity contribution >= 4 is 67.7 Å². The Morgan fingerprint density at radius 3 is 0.988 bits per heavy atom. The van der Waals surface area contributed by atoms with Crippen LogP contribution < -0.4 is 37.5 Å². The summed E-state index contributed by atoms with van der Waals surface area (Å²) in [6.45, 7) is -3.79. The fraction of sp³-hybridized carbons (Fsp3) is 0.0175. The van der Waals surface area contributed by atoms with E-state index in [1.165, 1.54) is 24.3 Å².